The Hall–Kier alpha value is -3.23. The van der Waals surface area contributed by atoms with Crippen LogP contribution in [0.3, 0.4) is 0 Å². The van der Waals surface area contributed by atoms with Gasteiger partial charge in [0.1, 0.15) is 0 Å². The maximum absolute atomic E-state index is 12.2. The number of ether oxygens (including phenoxy) is 1. The molecule has 1 fully saturated rings. The van der Waals surface area contributed by atoms with Crippen molar-refractivity contribution in [1.82, 2.24) is 25.4 Å². The zero-order valence-corrected chi connectivity index (χ0v) is 15.4. The average molecular weight is 371 g/mol. The molecule has 0 aliphatic heterocycles. The molecule has 2 aromatic rings. The first-order valence-electron chi connectivity index (χ1n) is 8.65. The van der Waals surface area contributed by atoms with E-state index >= 15 is 0 Å². The molecule has 9 heteroatoms. The van der Waals surface area contributed by atoms with Crippen molar-refractivity contribution < 1.29 is 19.1 Å². The second kappa shape index (κ2) is 7.56. The monoisotopic (exact) mass is 371 g/mol. The number of nitrogens with zero attached hydrogens (tertiary/aromatic N) is 3. The molecule has 3 amide bonds. The number of rotatable bonds is 5. The SMILES string of the molecule is Cc1cc(C)n(-c2ccc(C(=O)OC(C)C(=O)NC(=O)NC3CC3)cn2)n1. The average Bonchev–Trinajstić information content (AvgIpc) is 3.36. The Balaban J connectivity index is 1.57. The number of carbonyl (C=O) groups is 3. The van der Waals surface area contributed by atoms with E-state index in [2.05, 4.69) is 20.7 Å². The van der Waals surface area contributed by atoms with Crippen LogP contribution >= 0.6 is 0 Å². The highest BCUT2D eigenvalue weighted by Gasteiger charge is 2.26. The van der Waals surface area contributed by atoms with Crippen molar-refractivity contribution in [2.75, 3.05) is 0 Å². The Morgan fingerprint density at radius 1 is 1.26 bits per heavy atom. The standard InChI is InChI=1S/C18H21N5O4/c1-10-8-11(2)23(22-10)15-7-4-13(9-19-15)17(25)27-12(3)16(24)21-18(26)20-14-5-6-14/h4,7-9,12,14H,5-6H2,1-3H3,(H2,20,21,24,26). The Bertz CT molecular complexity index is 870. The lowest BCUT2D eigenvalue weighted by Crippen LogP contribution is -2.45. The van der Waals surface area contributed by atoms with Crippen molar-refractivity contribution in [2.45, 2.75) is 45.8 Å². The Morgan fingerprint density at radius 3 is 2.56 bits per heavy atom. The molecule has 0 bridgehead atoms. The third kappa shape index (κ3) is 4.69. The summed E-state index contributed by atoms with van der Waals surface area (Å²) in [5.41, 5.74) is 1.98. The molecule has 2 N–H and O–H groups in total. The van der Waals surface area contributed by atoms with Gasteiger partial charge in [0.15, 0.2) is 11.9 Å². The number of imide groups is 1. The van der Waals surface area contributed by atoms with Crippen molar-refractivity contribution in [3.05, 3.63) is 41.3 Å². The molecular weight excluding hydrogens is 350 g/mol. The fraction of sp³-hybridized carbons (Fsp3) is 0.389. The molecule has 2 aromatic heterocycles. The van der Waals surface area contributed by atoms with Crippen molar-refractivity contribution >= 4 is 17.9 Å². The summed E-state index contributed by atoms with van der Waals surface area (Å²) in [5, 5.41) is 9.10. The van der Waals surface area contributed by atoms with E-state index in [0.717, 1.165) is 24.2 Å². The minimum Gasteiger partial charge on any atom is -0.449 e. The van der Waals surface area contributed by atoms with Crippen molar-refractivity contribution in [2.24, 2.45) is 0 Å². The van der Waals surface area contributed by atoms with E-state index in [1.165, 1.54) is 13.1 Å². The second-order valence-corrected chi connectivity index (χ2v) is 6.53. The number of carbonyl (C=O) groups excluding carboxylic acids is 3. The number of hydrogen-bond acceptors (Lipinski definition) is 6. The van der Waals surface area contributed by atoms with E-state index in [-0.39, 0.29) is 11.6 Å². The van der Waals surface area contributed by atoms with Crippen LogP contribution in [-0.4, -0.2) is 44.8 Å². The summed E-state index contributed by atoms with van der Waals surface area (Å²) >= 11 is 0. The highest BCUT2D eigenvalue weighted by molar-refractivity contribution is 5.98. The Labute approximate surface area is 156 Å². The van der Waals surface area contributed by atoms with Crippen LogP contribution in [0.15, 0.2) is 24.4 Å². The zero-order chi connectivity index (χ0) is 19.6. The molecule has 27 heavy (non-hydrogen) atoms. The molecule has 1 atom stereocenters. The van der Waals surface area contributed by atoms with Gasteiger partial charge in [-0.15, -0.1) is 0 Å². The first-order chi connectivity index (χ1) is 12.8. The van der Waals surface area contributed by atoms with Crippen molar-refractivity contribution in [3.63, 3.8) is 0 Å². The van der Waals surface area contributed by atoms with Crippen LogP contribution < -0.4 is 10.6 Å². The van der Waals surface area contributed by atoms with Gasteiger partial charge < -0.3 is 10.1 Å². The molecule has 1 unspecified atom stereocenters. The molecular formula is C18H21N5O4. The predicted octanol–water partition coefficient (Wildman–Crippen LogP) is 1.42. The van der Waals surface area contributed by atoms with Crippen LogP contribution in [0.25, 0.3) is 5.82 Å². The summed E-state index contributed by atoms with van der Waals surface area (Å²) in [6, 6.07) is 4.66. The molecule has 1 aliphatic rings. The molecule has 0 saturated heterocycles. The van der Waals surface area contributed by atoms with Crippen LogP contribution in [0, 0.1) is 13.8 Å². The topological polar surface area (TPSA) is 115 Å². The lowest BCUT2D eigenvalue weighted by molar-refractivity contribution is -0.127. The number of aromatic nitrogens is 3. The second-order valence-electron chi connectivity index (χ2n) is 6.53. The number of esters is 1. The van der Waals surface area contributed by atoms with Gasteiger partial charge >= 0.3 is 12.0 Å². The van der Waals surface area contributed by atoms with E-state index in [1.54, 1.807) is 16.8 Å². The van der Waals surface area contributed by atoms with Gasteiger partial charge in [0.2, 0.25) is 0 Å². The summed E-state index contributed by atoms with van der Waals surface area (Å²) in [6.45, 7) is 5.19. The van der Waals surface area contributed by atoms with E-state index in [1.807, 2.05) is 19.9 Å². The molecule has 3 rings (SSSR count). The first-order valence-corrected chi connectivity index (χ1v) is 8.65. The van der Waals surface area contributed by atoms with E-state index in [0.29, 0.717) is 5.82 Å². The normalized spacial score (nSPS) is 14.3. The highest BCUT2D eigenvalue weighted by Crippen LogP contribution is 2.18. The van der Waals surface area contributed by atoms with Gasteiger partial charge in [-0.1, -0.05) is 0 Å². The summed E-state index contributed by atoms with van der Waals surface area (Å²) < 4.78 is 6.77. The fourth-order valence-electron chi connectivity index (χ4n) is 2.44. The Morgan fingerprint density at radius 2 is 2.00 bits per heavy atom. The number of aryl methyl sites for hydroxylation is 2. The first kappa shape index (κ1) is 18.6. The van der Waals surface area contributed by atoms with Crippen LogP contribution in [0.2, 0.25) is 0 Å². The molecule has 9 nitrogen and oxygen atoms in total. The molecule has 142 valence electrons. The smallest absolute Gasteiger partial charge is 0.340 e. The lowest BCUT2D eigenvalue weighted by Gasteiger charge is -2.13. The van der Waals surface area contributed by atoms with Gasteiger partial charge in [-0.25, -0.2) is 19.3 Å². The van der Waals surface area contributed by atoms with Gasteiger partial charge in [0, 0.05) is 17.9 Å². The fourth-order valence-corrected chi connectivity index (χ4v) is 2.44. The highest BCUT2D eigenvalue weighted by atomic mass is 16.5. The van der Waals surface area contributed by atoms with Crippen molar-refractivity contribution in [3.8, 4) is 5.82 Å². The largest absolute Gasteiger partial charge is 0.449 e. The number of pyridine rings is 1. The van der Waals surface area contributed by atoms with Crippen LogP contribution in [0.5, 0.6) is 0 Å². The quantitative estimate of drug-likeness (QED) is 0.768. The van der Waals surface area contributed by atoms with Gasteiger partial charge in [-0.2, -0.15) is 5.10 Å². The number of nitrogens with one attached hydrogen (secondary N) is 2. The minimum atomic E-state index is -1.11. The lowest BCUT2D eigenvalue weighted by atomic mass is 10.3. The third-order valence-corrected chi connectivity index (χ3v) is 4.01. The molecule has 0 spiro atoms. The predicted molar refractivity (Wildman–Crippen MR) is 95.4 cm³/mol. The summed E-state index contributed by atoms with van der Waals surface area (Å²) in [4.78, 5) is 39.9. The molecule has 1 aliphatic carbocycles. The number of amides is 3. The summed E-state index contributed by atoms with van der Waals surface area (Å²) in [6.07, 6.45) is 2.07. The maximum Gasteiger partial charge on any atom is 0.340 e. The van der Waals surface area contributed by atoms with Crippen LogP contribution in [-0.2, 0) is 9.53 Å². The van der Waals surface area contributed by atoms with Crippen LogP contribution in [0.1, 0.15) is 41.5 Å². The number of urea groups is 1. The van der Waals surface area contributed by atoms with Gasteiger partial charge in [-0.05, 0) is 51.8 Å². The zero-order valence-electron chi connectivity index (χ0n) is 15.4. The Kier molecular flexibility index (Phi) is 5.20. The number of hydrogen-bond donors (Lipinski definition) is 2. The van der Waals surface area contributed by atoms with Gasteiger partial charge in [0.25, 0.3) is 5.91 Å². The van der Waals surface area contributed by atoms with Crippen LogP contribution in [0.4, 0.5) is 4.79 Å². The summed E-state index contributed by atoms with van der Waals surface area (Å²) in [5.74, 6) is -0.818. The van der Waals surface area contributed by atoms with Gasteiger partial charge in [-0.3, -0.25) is 10.1 Å². The van der Waals surface area contributed by atoms with Crippen molar-refractivity contribution in [1.29, 1.82) is 0 Å². The minimum absolute atomic E-state index is 0.127. The molecule has 0 radical (unpaired) electrons. The summed E-state index contributed by atoms with van der Waals surface area (Å²) in [7, 11) is 0. The van der Waals surface area contributed by atoms with E-state index < -0.39 is 24.0 Å². The molecule has 2 heterocycles. The van der Waals surface area contributed by atoms with Gasteiger partial charge in [0.05, 0.1) is 11.3 Å². The maximum atomic E-state index is 12.2. The van der Waals surface area contributed by atoms with E-state index in [4.69, 9.17) is 4.74 Å². The van der Waals surface area contributed by atoms with E-state index in [9.17, 15) is 14.4 Å². The molecule has 0 aromatic carbocycles. The third-order valence-electron chi connectivity index (χ3n) is 4.01. The molecule has 1 saturated carbocycles.